The summed E-state index contributed by atoms with van der Waals surface area (Å²) in [5.41, 5.74) is 2.01. The molecule has 3 aromatic rings. The van der Waals surface area contributed by atoms with Gasteiger partial charge in [0.2, 0.25) is 5.82 Å². The number of rotatable bonds is 7. The molecule has 1 heterocycles. The molecule has 148 valence electrons. The Kier molecular flexibility index (Phi) is 5.84. The van der Waals surface area contributed by atoms with E-state index in [0.717, 1.165) is 5.56 Å². The van der Waals surface area contributed by atoms with E-state index < -0.39 is 18.8 Å². The monoisotopic (exact) mass is 427 g/mol. The predicted octanol–water partition coefficient (Wildman–Crippen LogP) is 5.30. The maximum absolute atomic E-state index is 13.4. The summed E-state index contributed by atoms with van der Waals surface area (Å²) in [4.78, 5) is 3.58. The van der Waals surface area contributed by atoms with Crippen LogP contribution in [-0.4, -0.2) is 16.7 Å². The molecule has 2 aromatic carbocycles. The first kappa shape index (κ1) is 20.5. The van der Waals surface area contributed by atoms with Gasteiger partial charge in [-0.3, -0.25) is 4.57 Å². The minimum atomic E-state index is -3.74. The number of nitrogens with zero attached hydrogens (tertiary/aromatic N) is 2. The Hall–Kier alpha value is -2.28. The molecule has 0 aliphatic carbocycles. The molecule has 0 radical (unpaired) electrons. The van der Waals surface area contributed by atoms with Gasteiger partial charge in [0.1, 0.15) is 0 Å². The fourth-order valence-electron chi connectivity index (χ4n) is 2.47. The van der Waals surface area contributed by atoms with E-state index in [-0.39, 0.29) is 12.4 Å². The van der Waals surface area contributed by atoms with Gasteiger partial charge in [0.05, 0.1) is 11.9 Å². The second-order valence-corrected chi connectivity index (χ2v) is 8.44. The highest BCUT2D eigenvalue weighted by molar-refractivity contribution is 7.68. The van der Waals surface area contributed by atoms with Crippen molar-refractivity contribution in [2.45, 2.75) is 19.2 Å². The molecule has 0 spiro atoms. The second-order valence-electron chi connectivity index (χ2n) is 5.86. The van der Waals surface area contributed by atoms with Gasteiger partial charge in [-0.2, -0.15) is 13.8 Å². The van der Waals surface area contributed by atoms with Crippen molar-refractivity contribution in [3.05, 3.63) is 60.0 Å². The number of aryl methyl sites for hydroxylation is 1. The average Bonchev–Trinajstić information content (AvgIpc) is 3.15. The van der Waals surface area contributed by atoms with Crippen molar-refractivity contribution in [2.75, 3.05) is 11.7 Å². The minimum Gasteiger partial charge on any atom is -0.331 e. The Bertz CT molecular complexity index is 1010. The number of para-hydroxylation sites is 1. The van der Waals surface area contributed by atoms with E-state index in [2.05, 4.69) is 19.8 Å². The normalized spacial score (nSPS) is 13.9. The van der Waals surface area contributed by atoms with Crippen LogP contribution in [0.3, 0.4) is 0 Å². The van der Waals surface area contributed by atoms with Crippen LogP contribution in [-0.2, 0) is 14.5 Å². The number of hydrogen-bond donors (Lipinski definition) is 1. The molecular formula is C18H17ClF2N3O3P. The molecular weight excluding hydrogens is 411 g/mol. The Morgan fingerprint density at radius 3 is 2.46 bits per heavy atom. The van der Waals surface area contributed by atoms with Gasteiger partial charge < -0.3 is 14.1 Å². The molecule has 0 saturated carbocycles. The van der Waals surface area contributed by atoms with Crippen LogP contribution in [0.25, 0.3) is 11.4 Å². The Labute approximate surface area is 165 Å². The molecule has 10 heteroatoms. The second kappa shape index (κ2) is 7.99. The zero-order chi connectivity index (χ0) is 20.4. The largest absolute Gasteiger partial charge is 0.400 e. The van der Waals surface area contributed by atoms with E-state index in [1.54, 1.807) is 31.2 Å². The van der Waals surface area contributed by atoms with Gasteiger partial charge in [-0.05, 0) is 49.2 Å². The van der Waals surface area contributed by atoms with Crippen molar-refractivity contribution in [2.24, 2.45) is 0 Å². The van der Waals surface area contributed by atoms with Gasteiger partial charge in [0.15, 0.2) is 0 Å². The maximum Gasteiger partial charge on any atom is 0.400 e. The highest BCUT2D eigenvalue weighted by Crippen LogP contribution is 2.46. The number of halogens is 3. The van der Waals surface area contributed by atoms with E-state index in [0.29, 0.717) is 16.6 Å². The maximum atomic E-state index is 13.4. The van der Waals surface area contributed by atoms with Crippen LogP contribution in [0.5, 0.6) is 0 Å². The first-order chi connectivity index (χ1) is 13.2. The lowest BCUT2D eigenvalue weighted by Crippen LogP contribution is -2.15. The molecule has 0 saturated heterocycles. The summed E-state index contributed by atoms with van der Waals surface area (Å²) >= 11 is 4.88. The van der Waals surface area contributed by atoms with Crippen LogP contribution >= 0.6 is 19.1 Å². The third kappa shape index (κ3) is 4.41. The Balaban J connectivity index is 1.90. The average molecular weight is 428 g/mol. The van der Waals surface area contributed by atoms with Crippen molar-refractivity contribution >= 4 is 30.1 Å². The van der Waals surface area contributed by atoms with Crippen LogP contribution in [0, 0.1) is 6.92 Å². The highest BCUT2D eigenvalue weighted by Gasteiger charge is 2.35. The number of benzene rings is 2. The lowest BCUT2D eigenvalue weighted by Gasteiger charge is -2.21. The highest BCUT2D eigenvalue weighted by atomic mass is 35.5. The molecule has 1 aromatic heterocycles. The SMILES string of the molecule is CCOP(=O)(Nc1ccccc1C)c1ccc(-c2noc(C(F)(F)Cl)n2)cc1. The van der Waals surface area contributed by atoms with Crippen molar-refractivity contribution < 1.29 is 22.4 Å². The Morgan fingerprint density at radius 2 is 1.89 bits per heavy atom. The number of hydrogen-bond acceptors (Lipinski definition) is 5. The summed E-state index contributed by atoms with van der Waals surface area (Å²) in [5, 5.41) is 3.15. The van der Waals surface area contributed by atoms with Gasteiger partial charge >= 0.3 is 18.8 Å². The molecule has 0 aliphatic rings. The van der Waals surface area contributed by atoms with Gasteiger partial charge in [-0.1, -0.05) is 35.5 Å². The van der Waals surface area contributed by atoms with Crippen LogP contribution < -0.4 is 10.4 Å². The summed E-state index contributed by atoms with van der Waals surface area (Å²) in [7, 11) is -3.41. The van der Waals surface area contributed by atoms with E-state index in [9.17, 15) is 13.3 Å². The van der Waals surface area contributed by atoms with Crippen molar-refractivity contribution in [3.8, 4) is 11.4 Å². The van der Waals surface area contributed by atoms with Crippen LogP contribution in [0.4, 0.5) is 14.5 Å². The fraction of sp³-hybridized carbons (Fsp3) is 0.222. The van der Waals surface area contributed by atoms with E-state index >= 15 is 0 Å². The number of anilines is 1. The summed E-state index contributed by atoms with van der Waals surface area (Å²) in [5.74, 6) is -1.05. The van der Waals surface area contributed by atoms with Crippen LogP contribution in [0.1, 0.15) is 18.4 Å². The number of aromatic nitrogens is 2. The van der Waals surface area contributed by atoms with Crippen molar-refractivity contribution in [1.29, 1.82) is 0 Å². The molecule has 1 atom stereocenters. The van der Waals surface area contributed by atoms with Crippen molar-refractivity contribution in [3.63, 3.8) is 0 Å². The third-order valence-electron chi connectivity index (χ3n) is 3.86. The van der Waals surface area contributed by atoms with Gasteiger partial charge in [0.25, 0.3) is 0 Å². The summed E-state index contributed by atoms with van der Waals surface area (Å²) in [6.45, 7) is 3.87. The lowest BCUT2D eigenvalue weighted by molar-refractivity contribution is 0.0551. The standard InChI is InChI=1S/C18H17ClF2N3O3P/c1-3-26-28(25,24-15-7-5-4-6-12(15)2)14-10-8-13(9-11-14)16-22-17(27-23-16)18(19,20)21/h4-11H,3H2,1-2H3,(H,24,25). The molecule has 1 unspecified atom stereocenters. The molecule has 3 rings (SSSR count). The summed E-state index contributed by atoms with van der Waals surface area (Å²) in [6.07, 6.45) is 0. The van der Waals surface area contributed by atoms with E-state index in [1.807, 2.05) is 31.2 Å². The molecule has 28 heavy (non-hydrogen) atoms. The molecule has 0 fully saturated rings. The minimum absolute atomic E-state index is 0.0556. The van der Waals surface area contributed by atoms with Crippen molar-refractivity contribution in [1.82, 2.24) is 10.1 Å². The number of alkyl halides is 3. The van der Waals surface area contributed by atoms with Crippen LogP contribution in [0.15, 0.2) is 53.1 Å². The molecule has 6 nitrogen and oxygen atoms in total. The molecule has 0 amide bonds. The van der Waals surface area contributed by atoms with Gasteiger partial charge in [0, 0.05) is 11.3 Å². The molecule has 1 N–H and O–H groups in total. The summed E-state index contributed by atoms with van der Waals surface area (Å²) < 4.78 is 49.5. The Morgan fingerprint density at radius 1 is 1.21 bits per heavy atom. The third-order valence-corrected chi connectivity index (χ3v) is 6.15. The van der Waals surface area contributed by atoms with Gasteiger partial charge in [-0.25, -0.2) is 0 Å². The van der Waals surface area contributed by atoms with Gasteiger partial charge in [-0.15, -0.1) is 0 Å². The topological polar surface area (TPSA) is 77.2 Å². The van der Waals surface area contributed by atoms with Crippen LogP contribution in [0.2, 0.25) is 0 Å². The van der Waals surface area contributed by atoms with E-state index in [4.69, 9.17) is 16.1 Å². The summed E-state index contributed by atoms with van der Waals surface area (Å²) in [6, 6.07) is 13.6. The smallest absolute Gasteiger partial charge is 0.331 e. The zero-order valence-corrected chi connectivity index (χ0v) is 16.7. The number of nitrogens with one attached hydrogen (secondary N) is 1. The predicted molar refractivity (Wildman–Crippen MR) is 103 cm³/mol. The van der Waals surface area contributed by atoms with E-state index in [1.165, 1.54) is 0 Å². The quantitative estimate of drug-likeness (QED) is 0.407. The molecule has 0 bridgehead atoms. The molecule has 0 aliphatic heterocycles. The lowest BCUT2D eigenvalue weighted by atomic mass is 10.2. The fourth-order valence-corrected chi connectivity index (χ4v) is 4.37. The zero-order valence-electron chi connectivity index (χ0n) is 15.0. The first-order valence-corrected chi connectivity index (χ1v) is 10.3. The first-order valence-electron chi connectivity index (χ1n) is 8.33.